The highest BCUT2D eigenvalue weighted by Gasteiger charge is 2.46. The molecule has 3 nitrogen and oxygen atoms in total. The van der Waals surface area contributed by atoms with Gasteiger partial charge in [0.2, 0.25) is 5.91 Å². The predicted octanol–water partition coefficient (Wildman–Crippen LogP) is 5.04. The van der Waals surface area contributed by atoms with Gasteiger partial charge in [-0.2, -0.15) is 13.2 Å². The van der Waals surface area contributed by atoms with Gasteiger partial charge in [0.05, 0.1) is 18.7 Å². The first-order chi connectivity index (χ1) is 12.7. The van der Waals surface area contributed by atoms with Crippen molar-refractivity contribution in [3.8, 4) is 5.75 Å². The molecule has 0 radical (unpaired) electrons. The molecule has 0 spiro atoms. The number of carbonyl (C=O) groups excluding carboxylic acids is 1. The SMILES string of the molecule is COc1ccccc1C(C)N(C)C(=O)C1CC1c1ccc(C(F)(F)F)cc1. The van der Waals surface area contributed by atoms with Gasteiger partial charge < -0.3 is 9.64 Å². The smallest absolute Gasteiger partial charge is 0.416 e. The number of benzene rings is 2. The summed E-state index contributed by atoms with van der Waals surface area (Å²) in [6.07, 6.45) is -3.69. The monoisotopic (exact) mass is 377 g/mol. The van der Waals surface area contributed by atoms with E-state index in [1.54, 1.807) is 19.1 Å². The number of amides is 1. The molecule has 27 heavy (non-hydrogen) atoms. The van der Waals surface area contributed by atoms with Gasteiger partial charge in [0.25, 0.3) is 0 Å². The summed E-state index contributed by atoms with van der Waals surface area (Å²) >= 11 is 0. The van der Waals surface area contributed by atoms with Crippen molar-refractivity contribution in [3.05, 3.63) is 65.2 Å². The molecule has 144 valence electrons. The van der Waals surface area contributed by atoms with Crippen molar-refractivity contribution in [3.63, 3.8) is 0 Å². The molecular formula is C21H22F3NO2. The van der Waals surface area contributed by atoms with Crippen LogP contribution >= 0.6 is 0 Å². The summed E-state index contributed by atoms with van der Waals surface area (Å²) in [5, 5.41) is 0. The highest BCUT2D eigenvalue weighted by atomic mass is 19.4. The zero-order valence-corrected chi connectivity index (χ0v) is 15.5. The standard InChI is InChI=1S/C21H22F3NO2/c1-13(16-6-4-5-7-19(16)27-3)25(2)20(26)18-12-17(18)14-8-10-15(11-9-14)21(22,23)24/h4-11,13,17-18H,12H2,1-3H3. The lowest BCUT2D eigenvalue weighted by molar-refractivity contribution is -0.137. The van der Waals surface area contributed by atoms with E-state index in [-0.39, 0.29) is 23.8 Å². The number of nitrogens with zero attached hydrogens (tertiary/aromatic N) is 1. The van der Waals surface area contributed by atoms with Gasteiger partial charge in [-0.3, -0.25) is 4.79 Å². The molecule has 3 rings (SSSR count). The quantitative estimate of drug-likeness (QED) is 0.731. The summed E-state index contributed by atoms with van der Waals surface area (Å²) < 4.78 is 43.4. The summed E-state index contributed by atoms with van der Waals surface area (Å²) in [7, 11) is 3.34. The molecule has 2 aromatic rings. The maximum atomic E-state index is 12.8. The lowest BCUT2D eigenvalue weighted by Gasteiger charge is -2.27. The first kappa shape index (κ1) is 19.3. The second-order valence-electron chi connectivity index (χ2n) is 6.94. The summed E-state index contributed by atoms with van der Waals surface area (Å²) in [5.41, 5.74) is 1.03. The van der Waals surface area contributed by atoms with Crippen LogP contribution in [0.4, 0.5) is 13.2 Å². The van der Waals surface area contributed by atoms with Gasteiger partial charge in [0.15, 0.2) is 0 Å². The fourth-order valence-corrected chi connectivity index (χ4v) is 3.43. The molecule has 2 aromatic carbocycles. The molecule has 0 N–H and O–H groups in total. The number of rotatable bonds is 5. The van der Waals surface area contributed by atoms with Gasteiger partial charge in [0, 0.05) is 18.5 Å². The van der Waals surface area contributed by atoms with Gasteiger partial charge >= 0.3 is 6.18 Å². The molecule has 6 heteroatoms. The maximum Gasteiger partial charge on any atom is 0.416 e. The van der Waals surface area contributed by atoms with Gasteiger partial charge in [-0.1, -0.05) is 30.3 Å². The minimum absolute atomic E-state index is 0.00157. The van der Waals surface area contributed by atoms with Crippen molar-refractivity contribution in [2.45, 2.75) is 31.5 Å². The second-order valence-corrected chi connectivity index (χ2v) is 6.94. The van der Waals surface area contributed by atoms with Crippen LogP contribution in [0.25, 0.3) is 0 Å². The highest BCUT2D eigenvalue weighted by molar-refractivity contribution is 5.83. The van der Waals surface area contributed by atoms with Crippen LogP contribution in [0.5, 0.6) is 5.75 Å². The van der Waals surface area contributed by atoms with E-state index in [9.17, 15) is 18.0 Å². The average molecular weight is 377 g/mol. The topological polar surface area (TPSA) is 29.5 Å². The number of methoxy groups -OCH3 is 1. The molecule has 1 fully saturated rings. The Hall–Kier alpha value is -2.50. The Labute approximate surface area is 156 Å². The predicted molar refractivity (Wildman–Crippen MR) is 96.5 cm³/mol. The molecule has 1 saturated carbocycles. The number of hydrogen-bond donors (Lipinski definition) is 0. The van der Waals surface area contributed by atoms with E-state index in [0.29, 0.717) is 6.42 Å². The summed E-state index contributed by atoms with van der Waals surface area (Å²) in [6, 6.07) is 12.5. The number of alkyl halides is 3. The largest absolute Gasteiger partial charge is 0.496 e. The third-order valence-corrected chi connectivity index (χ3v) is 5.29. The van der Waals surface area contributed by atoms with E-state index < -0.39 is 11.7 Å². The molecule has 3 unspecified atom stereocenters. The average Bonchev–Trinajstić information content (AvgIpc) is 3.46. The van der Waals surface area contributed by atoms with Crippen molar-refractivity contribution >= 4 is 5.91 Å². The van der Waals surface area contributed by atoms with Crippen LogP contribution in [0.2, 0.25) is 0 Å². The third-order valence-electron chi connectivity index (χ3n) is 5.29. The minimum Gasteiger partial charge on any atom is -0.496 e. The van der Waals surface area contributed by atoms with Crippen LogP contribution in [-0.2, 0) is 11.0 Å². The maximum absolute atomic E-state index is 12.8. The van der Waals surface area contributed by atoms with E-state index in [4.69, 9.17) is 4.74 Å². The molecule has 0 saturated heterocycles. The first-order valence-corrected chi connectivity index (χ1v) is 8.80. The van der Waals surface area contributed by atoms with Crippen molar-refractivity contribution < 1.29 is 22.7 Å². The van der Waals surface area contributed by atoms with Crippen molar-refractivity contribution in [2.75, 3.05) is 14.2 Å². The fourth-order valence-electron chi connectivity index (χ4n) is 3.43. The Morgan fingerprint density at radius 1 is 1.15 bits per heavy atom. The van der Waals surface area contributed by atoms with E-state index in [0.717, 1.165) is 29.0 Å². The highest BCUT2D eigenvalue weighted by Crippen LogP contribution is 2.49. The summed E-state index contributed by atoms with van der Waals surface area (Å²) in [5.74, 6) is 0.508. The van der Waals surface area contributed by atoms with Crippen LogP contribution in [0.1, 0.15) is 42.0 Å². The van der Waals surface area contributed by atoms with E-state index >= 15 is 0 Å². The second kappa shape index (κ2) is 7.25. The van der Waals surface area contributed by atoms with Crippen molar-refractivity contribution in [2.24, 2.45) is 5.92 Å². The molecule has 0 bridgehead atoms. The Balaban J connectivity index is 1.68. The van der Waals surface area contributed by atoms with Gasteiger partial charge in [-0.05, 0) is 43.0 Å². The van der Waals surface area contributed by atoms with E-state index in [1.807, 2.05) is 31.2 Å². The lowest BCUT2D eigenvalue weighted by atomic mass is 10.0. The van der Waals surface area contributed by atoms with Crippen LogP contribution in [0.15, 0.2) is 48.5 Å². The van der Waals surface area contributed by atoms with Gasteiger partial charge in [-0.25, -0.2) is 0 Å². The molecule has 3 atom stereocenters. The van der Waals surface area contributed by atoms with Gasteiger partial charge in [-0.15, -0.1) is 0 Å². The van der Waals surface area contributed by atoms with Crippen molar-refractivity contribution in [1.29, 1.82) is 0 Å². The molecule has 1 amide bonds. The lowest BCUT2D eigenvalue weighted by Crippen LogP contribution is -2.31. The number of carbonyl (C=O) groups is 1. The van der Waals surface area contributed by atoms with Crippen LogP contribution in [0, 0.1) is 5.92 Å². The Morgan fingerprint density at radius 3 is 2.37 bits per heavy atom. The van der Waals surface area contributed by atoms with E-state index in [2.05, 4.69) is 0 Å². The Kier molecular flexibility index (Phi) is 5.18. The molecule has 1 aliphatic rings. The minimum atomic E-state index is -4.35. The number of hydrogen-bond acceptors (Lipinski definition) is 2. The molecular weight excluding hydrogens is 355 g/mol. The number of ether oxygens (including phenoxy) is 1. The number of para-hydroxylation sites is 1. The summed E-state index contributed by atoms with van der Waals surface area (Å²) in [6.45, 7) is 1.94. The van der Waals surface area contributed by atoms with Gasteiger partial charge in [0.1, 0.15) is 5.75 Å². The molecule has 0 aromatic heterocycles. The molecule has 0 aliphatic heterocycles. The van der Waals surface area contributed by atoms with Crippen molar-refractivity contribution in [1.82, 2.24) is 4.90 Å². The normalized spacial score (nSPS) is 20.1. The fraction of sp³-hybridized carbons (Fsp3) is 0.381. The van der Waals surface area contributed by atoms with Crippen LogP contribution in [-0.4, -0.2) is 25.0 Å². The molecule has 0 heterocycles. The first-order valence-electron chi connectivity index (χ1n) is 8.80. The Morgan fingerprint density at radius 2 is 1.78 bits per heavy atom. The summed E-state index contributed by atoms with van der Waals surface area (Å²) in [4.78, 5) is 14.5. The molecule has 1 aliphatic carbocycles. The van der Waals surface area contributed by atoms with Crippen LogP contribution in [0.3, 0.4) is 0 Å². The van der Waals surface area contributed by atoms with Crippen LogP contribution < -0.4 is 4.74 Å². The zero-order valence-electron chi connectivity index (χ0n) is 15.5. The van der Waals surface area contributed by atoms with E-state index in [1.165, 1.54) is 12.1 Å². The zero-order chi connectivity index (χ0) is 19.8. The third kappa shape index (κ3) is 3.94. The number of halogens is 3. The Bertz CT molecular complexity index is 817.